The van der Waals surface area contributed by atoms with Gasteiger partial charge in [-0.25, -0.2) is 0 Å². The molecule has 0 radical (unpaired) electrons. The summed E-state index contributed by atoms with van der Waals surface area (Å²) >= 11 is 0. The predicted molar refractivity (Wildman–Crippen MR) is 94.1 cm³/mol. The highest BCUT2D eigenvalue weighted by Crippen LogP contribution is 2.41. The molecule has 0 aromatic heterocycles. The molecule has 25 heavy (non-hydrogen) atoms. The average Bonchev–Trinajstić information content (AvgIpc) is 3.23. The summed E-state index contributed by atoms with van der Waals surface area (Å²) in [6.07, 6.45) is 6.83. The fourth-order valence-corrected chi connectivity index (χ4v) is 5.18. The number of ether oxygens (including phenoxy) is 1. The van der Waals surface area contributed by atoms with Gasteiger partial charge in [0.1, 0.15) is 0 Å². The van der Waals surface area contributed by atoms with Crippen LogP contribution in [0.15, 0.2) is 0 Å². The van der Waals surface area contributed by atoms with Crippen molar-refractivity contribution in [3.8, 4) is 0 Å². The van der Waals surface area contributed by atoms with Crippen LogP contribution >= 0.6 is 0 Å². The zero-order valence-corrected chi connectivity index (χ0v) is 15.3. The van der Waals surface area contributed by atoms with Gasteiger partial charge in [-0.3, -0.25) is 9.59 Å². The molecule has 4 heterocycles. The highest BCUT2D eigenvalue weighted by molar-refractivity contribution is 5.84. The zero-order chi connectivity index (χ0) is 17.3. The summed E-state index contributed by atoms with van der Waals surface area (Å²) in [7, 11) is 0. The number of piperidine rings is 1. The molecule has 1 atom stereocenters. The Kier molecular flexibility index (Phi) is 5.00. The normalized spacial score (nSPS) is 32.3. The number of likely N-dealkylation sites (tertiary alicyclic amines) is 3. The monoisotopic (exact) mass is 349 g/mol. The third-order valence-corrected chi connectivity index (χ3v) is 6.69. The van der Waals surface area contributed by atoms with E-state index in [1.54, 1.807) is 0 Å². The summed E-state index contributed by atoms with van der Waals surface area (Å²) in [5.41, 5.74) is -0.161. The second kappa shape index (κ2) is 7.23. The molecule has 0 aromatic rings. The fourth-order valence-electron chi connectivity index (χ4n) is 5.18. The van der Waals surface area contributed by atoms with E-state index in [0.29, 0.717) is 24.3 Å². The van der Waals surface area contributed by atoms with E-state index in [1.165, 1.54) is 0 Å². The van der Waals surface area contributed by atoms with Gasteiger partial charge < -0.3 is 19.4 Å². The van der Waals surface area contributed by atoms with E-state index in [1.807, 2.05) is 4.90 Å². The van der Waals surface area contributed by atoms with Crippen LogP contribution in [0.25, 0.3) is 0 Å². The third-order valence-electron chi connectivity index (χ3n) is 6.69. The summed E-state index contributed by atoms with van der Waals surface area (Å²) in [6, 6.07) is 0.384. The standard InChI is InChI=1S/C19H31N3O3/c23-17-3-1-8-21(17)12-11-20-10-7-19(15-20)6-2-9-22(18(19)24)16-4-13-25-14-5-16/h16H,1-15H2/t19-/m1/s1. The van der Waals surface area contributed by atoms with E-state index >= 15 is 0 Å². The van der Waals surface area contributed by atoms with Gasteiger partial charge in [-0.2, -0.15) is 0 Å². The third kappa shape index (κ3) is 3.43. The number of carbonyl (C=O) groups excluding carboxylic acids is 2. The molecule has 0 bridgehead atoms. The quantitative estimate of drug-likeness (QED) is 0.763. The van der Waals surface area contributed by atoms with Crippen LogP contribution < -0.4 is 0 Å². The van der Waals surface area contributed by atoms with Gasteiger partial charge in [-0.15, -0.1) is 0 Å². The van der Waals surface area contributed by atoms with E-state index in [-0.39, 0.29) is 5.41 Å². The first-order valence-corrected chi connectivity index (χ1v) is 10.1. The topological polar surface area (TPSA) is 53.1 Å². The SMILES string of the molecule is O=C1CCCN1CCN1CC[C@]2(CCCN(C3CCOCC3)C2=O)C1. The highest BCUT2D eigenvalue weighted by atomic mass is 16.5. The Balaban J connectivity index is 1.35. The van der Waals surface area contributed by atoms with E-state index in [9.17, 15) is 9.59 Å². The van der Waals surface area contributed by atoms with Crippen molar-refractivity contribution in [3.05, 3.63) is 0 Å². The maximum atomic E-state index is 13.3. The van der Waals surface area contributed by atoms with Gasteiger partial charge in [0, 0.05) is 58.4 Å². The lowest BCUT2D eigenvalue weighted by molar-refractivity contribution is -0.150. The molecule has 4 aliphatic rings. The van der Waals surface area contributed by atoms with Crippen LogP contribution in [0.2, 0.25) is 0 Å². The van der Waals surface area contributed by atoms with Gasteiger partial charge >= 0.3 is 0 Å². The summed E-state index contributed by atoms with van der Waals surface area (Å²) in [6.45, 7) is 7.03. The van der Waals surface area contributed by atoms with Crippen molar-refractivity contribution >= 4 is 11.8 Å². The minimum atomic E-state index is -0.161. The highest BCUT2D eigenvalue weighted by Gasteiger charge is 2.49. The van der Waals surface area contributed by atoms with Crippen LogP contribution in [-0.4, -0.2) is 85.0 Å². The van der Waals surface area contributed by atoms with Crippen molar-refractivity contribution in [2.24, 2.45) is 5.41 Å². The van der Waals surface area contributed by atoms with E-state index in [4.69, 9.17) is 4.74 Å². The Morgan fingerprint density at radius 2 is 1.84 bits per heavy atom. The maximum absolute atomic E-state index is 13.3. The average molecular weight is 349 g/mol. The molecule has 0 unspecified atom stereocenters. The van der Waals surface area contributed by atoms with E-state index in [0.717, 1.165) is 91.0 Å². The summed E-state index contributed by atoms with van der Waals surface area (Å²) in [5, 5.41) is 0. The molecule has 0 aromatic carbocycles. The van der Waals surface area contributed by atoms with Gasteiger partial charge in [0.25, 0.3) is 0 Å². The van der Waals surface area contributed by atoms with Crippen molar-refractivity contribution in [1.82, 2.24) is 14.7 Å². The minimum Gasteiger partial charge on any atom is -0.381 e. The van der Waals surface area contributed by atoms with Gasteiger partial charge in [0.05, 0.1) is 5.41 Å². The van der Waals surface area contributed by atoms with Gasteiger partial charge in [-0.1, -0.05) is 0 Å². The molecule has 6 heteroatoms. The Morgan fingerprint density at radius 3 is 2.60 bits per heavy atom. The van der Waals surface area contributed by atoms with Crippen LogP contribution in [0.3, 0.4) is 0 Å². The number of hydrogen-bond donors (Lipinski definition) is 0. The number of amides is 2. The molecule has 4 rings (SSSR count). The Bertz CT molecular complexity index is 520. The minimum absolute atomic E-state index is 0.161. The molecule has 0 N–H and O–H groups in total. The van der Waals surface area contributed by atoms with E-state index in [2.05, 4.69) is 9.80 Å². The van der Waals surface area contributed by atoms with Crippen molar-refractivity contribution in [1.29, 1.82) is 0 Å². The second-order valence-corrected chi connectivity index (χ2v) is 8.24. The van der Waals surface area contributed by atoms with Gasteiger partial charge in [-0.05, 0) is 45.1 Å². The van der Waals surface area contributed by atoms with Gasteiger partial charge in [0.2, 0.25) is 11.8 Å². The molecule has 4 saturated heterocycles. The number of hydrogen-bond acceptors (Lipinski definition) is 4. The molecule has 6 nitrogen and oxygen atoms in total. The van der Waals surface area contributed by atoms with Crippen molar-refractivity contribution < 1.29 is 14.3 Å². The van der Waals surface area contributed by atoms with Crippen LogP contribution in [0.1, 0.15) is 44.9 Å². The zero-order valence-electron chi connectivity index (χ0n) is 15.3. The fraction of sp³-hybridized carbons (Fsp3) is 0.895. The van der Waals surface area contributed by atoms with E-state index < -0.39 is 0 Å². The lowest BCUT2D eigenvalue weighted by Crippen LogP contribution is -2.55. The summed E-state index contributed by atoms with van der Waals surface area (Å²) in [5.74, 6) is 0.693. The Labute approximate surface area is 150 Å². The number of rotatable bonds is 4. The van der Waals surface area contributed by atoms with Crippen molar-refractivity contribution in [2.75, 3.05) is 52.5 Å². The van der Waals surface area contributed by atoms with Crippen LogP contribution in [0, 0.1) is 5.41 Å². The number of carbonyl (C=O) groups is 2. The summed E-state index contributed by atoms with van der Waals surface area (Å²) < 4.78 is 5.47. The first-order chi connectivity index (χ1) is 12.2. The van der Waals surface area contributed by atoms with Crippen molar-refractivity contribution in [3.63, 3.8) is 0 Å². The largest absolute Gasteiger partial charge is 0.381 e. The first-order valence-electron chi connectivity index (χ1n) is 10.1. The first kappa shape index (κ1) is 17.3. The molecule has 140 valence electrons. The molecule has 0 saturated carbocycles. The molecule has 2 amide bonds. The molecule has 1 spiro atoms. The molecule has 4 fully saturated rings. The molecular weight excluding hydrogens is 318 g/mol. The molecule has 0 aliphatic carbocycles. The summed E-state index contributed by atoms with van der Waals surface area (Å²) in [4.78, 5) is 31.7. The Morgan fingerprint density at radius 1 is 1.00 bits per heavy atom. The lowest BCUT2D eigenvalue weighted by Gasteiger charge is -2.44. The smallest absolute Gasteiger partial charge is 0.230 e. The molecule has 4 aliphatic heterocycles. The van der Waals surface area contributed by atoms with Crippen molar-refractivity contribution in [2.45, 2.75) is 51.0 Å². The number of nitrogens with zero attached hydrogens (tertiary/aromatic N) is 3. The maximum Gasteiger partial charge on any atom is 0.230 e. The lowest BCUT2D eigenvalue weighted by atomic mass is 9.77. The van der Waals surface area contributed by atoms with Crippen LogP contribution in [-0.2, 0) is 14.3 Å². The predicted octanol–water partition coefficient (Wildman–Crippen LogP) is 1.10. The molecular formula is C19H31N3O3. The second-order valence-electron chi connectivity index (χ2n) is 8.24. The van der Waals surface area contributed by atoms with Crippen LogP contribution in [0.5, 0.6) is 0 Å². The van der Waals surface area contributed by atoms with Crippen LogP contribution in [0.4, 0.5) is 0 Å². The Hall–Kier alpha value is -1.14. The van der Waals surface area contributed by atoms with Gasteiger partial charge in [0.15, 0.2) is 0 Å².